The molecule has 2 aliphatic rings. The molecule has 7 nitrogen and oxygen atoms in total. The molecule has 0 unspecified atom stereocenters. The summed E-state index contributed by atoms with van der Waals surface area (Å²) in [5, 5.41) is 6.37. The lowest BCUT2D eigenvalue weighted by molar-refractivity contribution is 0.100. The summed E-state index contributed by atoms with van der Waals surface area (Å²) in [4.78, 5) is 22.3. The lowest BCUT2D eigenvalue weighted by Gasteiger charge is -2.30. The molecule has 1 amide bonds. The van der Waals surface area contributed by atoms with Crippen molar-refractivity contribution >= 4 is 29.0 Å². The largest absolute Gasteiger partial charge is 0.371 e. The first-order valence-electron chi connectivity index (χ1n) is 9.28. The number of amides is 1. The maximum Gasteiger partial charge on any atom is 0.254 e. The van der Waals surface area contributed by atoms with E-state index < -0.39 is 12.1 Å². The van der Waals surface area contributed by atoms with E-state index in [1.54, 1.807) is 0 Å². The Labute approximate surface area is 157 Å². The van der Waals surface area contributed by atoms with Crippen LogP contribution in [0.3, 0.4) is 0 Å². The second kappa shape index (κ2) is 7.38. The minimum Gasteiger partial charge on any atom is -0.371 e. The highest BCUT2D eigenvalue weighted by Crippen LogP contribution is 2.27. The van der Waals surface area contributed by atoms with Gasteiger partial charge in [0.05, 0.1) is 5.56 Å². The van der Waals surface area contributed by atoms with Gasteiger partial charge < -0.3 is 21.3 Å². The molecule has 142 valence electrons. The molecular weight excluding hydrogens is 347 g/mol. The van der Waals surface area contributed by atoms with Gasteiger partial charge in [0.1, 0.15) is 12.0 Å². The van der Waals surface area contributed by atoms with E-state index in [4.69, 9.17) is 5.73 Å². The minimum absolute atomic E-state index is 0.291. The SMILES string of the molecule is NC(=O)c1cnc(Nc2ccc(N3CCC(F)CC3)cc2)nc1NC1CC1. The third kappa shape index (κ3) is 4.27. The van der Waals surface area contributed by atoms with Gasteiger partial charge in [0.15, 0.2) is 0 Å². The van der Waals surface area contributed by atoms with Crippen molar-refractivity contribution in [1.82, 2.24) is 9.97 Å². The molecule has 4 N–H and O–H groups in total. The van der Waals surface area contributed by atoms with Crippen molar-refractivity contribution in [3.63, 3.8) is 0 Å². The first-order chi connectivity index (χ1) is 13.1. The fourth-order valence-electron chi connectivity index (χ4n) is 3.14. The van der Waals surface area contributed by atoms with Crippen LogP contribution in [0.25, 0.3) is 0 Å². The second-order valence-corrected chi connectivity index (χ2v) is 7.07. The molecule has 1 saturated heterocycles. The predicted molar refractivity (Wildman–Crippen MR) is 103 cm³/mol. The number of nitrogens with two attached hydrogens (primary N) is 1. The van der Waals surface area contributed by atoms with Crippen LogP contribution < -0.4 is 21.3 Å². The standard InChI is InChI=1S/C19H23FN6O/c20-12-7-9-26(10-8-12)15-5-3-14(4-6-15)24-19-22-11-16(17(21)27)18(25-19)23-13-1-2-13/h3-6,11-13H,1-2,7-10H2,(H2,21,27)(H2,22,23,24,25). The Bertz CT molecular complexity index is 815. The van der Waals surface area contributed by atoms with Gasteiger partial charge in [-0.1, -0.05) is 0 Å². The fraction of sp³-hybridized carbons (Fsp3) is 0.421. The summed E-state index contributed by atoms with van der Waals surface area (Å²) < 4.78 is 13.3. The highest BCUT2D eigenvalue weighted by molar-refractivity contribution is 5.97. The normalized spacial score (nSPS) is 17.6. The molecule has 1 saturated carbocycles. The molecule has 0 radical (unpaired) electrons. The van der Waals surface area contributed by atoms with Crippen LogP contribution in [0, 0.1) is 0 Å². The van der Waals surface area contributed by atoms with Gasteiger partial charge in [-0.05, 0) is 49.9 Å². The average Bonchev–Trinajstić information content (AvgIpc) is 3.47. The van der Waals surface area contributed by atoms with E-state index >= 15 is 0 Å². The zero-order valence-corrected chi connectivity index (χ0v) is 15.0. The van der Waals surface area contributed by atoms with E-state index in [0.29, 0.717) is 36.2 Å². The van der Waals surface area contributed by atoms with E-state index in [9.17, 15) is 9.18 Å². The fourth-order valence-corrected chi connectivity index (χ4v) is 3.14. The van der Waals surface area contributed by atoms with Gasteiger partial charge in [0.2, 0.25) is 5.95 Å². The molecule has 0 atom stereocenters. The Kier molecular flexibility index (Phi) is 4.79. The van der Waals surface area contributed by atoms with Crippen LogP contribution in [0.4, 0.5) is 27.5 Å². The third-order valence-corrected chi connectivity index (χ3v) is 4.89. The minimum atomic E-state index is -0.679. The highest BCUT2D eigenvalue weighted by atomic mass is 19.1. The van der Waals surface area contributed by atoms with E-state index in [0.717, 1.165) is 37.3 Å². The first-order valence-corrected chi connectivity index (χ1v) is 9.28. The average molecular weight is 370 g/mol. The molecule has 2 aromatic rings. The number of hydrogen-bond acceptors (Lipinski definition) is 6. The maximum atomic E-state index is 13.3. The molecule has 0 bridgehead atoms. The zero-order valence-electron chi connectivity index (χ0n) is 15.0. The van der Waals surface area contributed by atoms with Crippen LogP contribution in [0.15, 0.2) is 30.5 Å². The van der Waals surface area contributed by atoms with Crippen molar-refractivity contribution in [2.75, 3.05) is 28.6 Å². The van der Waals surface area contributed by atoms with Crippen molar-refractivity contribution in [3.05, 3.63) is 36.0 Å². The van der Waals surface area contributed by atoms with Crippen molar-refractivity contribution < 1.29 is 9.18 Å². The summed E-state index contributed by atoms with van der Waals surface area (Å²) in [6.07, 6.45) is 4.05. The highest BCUT2D eigenvalue weighted by Gasteiger charge is 2.24. The molecule has 1 aliphatic carbocycles. The summed E-state index contributed by atoms with van der Waals surface area (Å²) in [6.45, 7) is 1.48. The number of piperidine rings is 1. The van der Waals surface area contributed by atoms with Crippen LogP contribution in [0.5, 0.6) is 0 Å². The summed E-state index contributed by atoms with van der Waals surface area (Å²) in [7, 11) is 0. The van der Waals surface area contributed by atoms with Gasteiger partial charge in [-0.3, -0.25) is 4.79 Å². The Morgan fingerprint density at radius 1 is 1.15 bits per heavy atom. The van der Waals surface area contributed by atoms with E-state index in [1.807, 2.05) is 24.3 Å². The van der Waals surface area contributed by atoms with E-state index in [1.165, 1.54) is 6.20 Å². The first kappa shape index (κ1) is 17.5. The Morgan fingerprint density at radius 2 is 1.85 bits per heavy atom. The number of nitrogens with zero attached hydrogens (tertiary/aromatic N) is 3. The van der Waals surface area contributed by atoms with Crippen LogP contribution in [-0.4, -0.2) is 41.2 Å². The van der Waals surface area contributed by atoms with Gasteiger partial charge in [-0.2, -0.15) is 4.98 Å². The molecular formula is C19H23FN6O. The lowest BCUT2D eigenvalue weighted by Crippen LogP contribution is -2.34. The lowest BCUT2D eigenvalue weighted by atomic mass is 10.1. The van der Waals surface area contributed by atoms with Gasteiger partial charge in [0, 0.05) is 36.7 Å². The summed E-state index contributed by atoms with van der Waals surface area (Å²) in [6, 6.07) is 8.23. The number of halogens is 1. The van der Waals surface area contributed by atoms with Gasteiger partial charge in [-0.15, -0.1) is 0 Å². The van der Waals surface area contributed by atoms with Crippen molar-refractivity contribution in [3.8, 4) is 0 Å². The second-order valence-electron chi connectivity index (χ2n) is 7.07. The number of nitrogens with one attached hydrogen (secondary N) is 2. The van der Waals surface area contributed by atoms with Gasteiger partial charge >= 0.3 is 0 Å². The molecule has 4 rings (SSSR count). The predicted octanol–water partition coefficient (Wildman–Crippen LogP) is 2.83. The summed E-state index contributed by atoms with van der Waals surface area (Å²) in [5.41, 5.74) is 7.61. The number of aromatic nitrogens is 2. The monoisotopic (exact) mass is 370 g/mol. The number of rotatable bonds is 6. The number of anilines is 4. The number of alkyl halides is 1. The number of carbonyl (C=O) groups is 1. The van der Waals surface area contributed by atoms with Crippen LogP contribution in [0.2, 0.25) is 0 Å². The molecule has 2 fully saturated rings. The molecule has 2 heterocycles. The third-order valence-electron chi connectivity index (χ3n) is 4.89. The van der Waals surface area contributed by atoms with Gasteiger partial charge in [0.25, 0.3) is 5.91 Å². The molecule has 1 aliphatic heterocycles. The Balaban J connectivity index is 1.46. The van der Waals surface area contributed by atoms with E-state index in [-0.39, 0.29) is 0 Å². The van der Waals surface area contributed by atoms with Crippen LogP contribution in [0.1, 0.15) is 36.0 Å². The Hall–Kier alpha value is -2.90. The summed E-state index contributed by atoms with van der Waals surface area (Å²) >= 11 is 0. The smallest absolute Gasteiger partial charge is 0.254 e. The maximum absolute atomic E-state index is 13.3. The van der Waals surface area contributed by atoms with Crippen molar-refractivity contribution in [1.29, 1.82) is 0 Å². The number of hydrogen-bond donors (Lipinski definition) is 3. The van der Waals surface area contributed by atoms with Crippen LogP contribution >= 0.6 is 0 Å². The zero-order chi connectivity index (χ0) is 18.8. The van der Waals surface area contributed by atoms with E-state index in [2.05, 4.69) is 25.5 Å². The quantitative estimate of drug-likeness (QED) is 0.724. The number of primary amides is 1. The molecule has 0 spiro atoms. The molecule has 1 aromatic carbocycles. The molecule has 1 aromatic heterocycles. The molecule has 8 heteroatoms. The number of benzene rings is 1. The van der Waals surface area contributed by atoms with Crippen LogP contribution in [-0.2, 0) is 0 Å². The molecule has 27 heavy (non-hydrogen) atoms. The Morgan fingerprint density at radius 3 is 2.48 bits per heavy atom. The topological polar surface area (TPSA) is 96.2 Å². The van der Waals surface area contributed by atoms with Crippen molar-refractivity contribution in [2.45, 2.75) is 37.9 Å². The number of carbonyl (C=O) groups excluding carboxylic acids is 1. The van der Waals surface area contributed by atoms with Gasteiger partial charge in [-0.25, -0.2) is 9.37 Å². The van der Waals surface area contributed by atoms with Crippen molar-refractivity contribution in [2.24, 2.45) is 5.73 Å². The summed E-state index contributed by atoms with van der Waals surface area (Å²) in [5.74, 6) is 0.313.